The van der Waals surface area contributed by atoms with E-state index in [1.165, 1.54) is 0 Å². The zero-order chi connectivity index (χ0) is 9.35. The highest BCUT2D eigenvalue weighted by atomic mass is 32.2. The third kappa shape index (κ3) is 1.75. The predicted octanol–water partition coefficient (Wildman–Crippen LogP) is -1.10. The number of nitrogens with zero attached hydrogens (tertiary/aromatic N) is 1. The molecule has 12 heavy (non-hydrogen) atoms. The lowest BCUT2D eigenvalue weighted by Gasteiger charge is -2.16. The van der Waals surface area contributed by atoms with Gasteiger partial charge >= 0.3 is 0 Å². The molecule has 1 heterocycles. The largest absolute Gasteiger partial charge is 0.326 e. The molecule has 6 heteroatoms. The Hall–Kier alpha value is -0.620. The van der Waals surface area contributed by atoms with Crippen molar-refractivity contribution in [2.24, 2.45) is 5.73 Å². The molecule has 1 rings (SSSR count). The highest BCUT2D eigenvalue weighted by Crippen LogP contribution is 2.14. The van der Waals surface area contributed by atoms with Gasteiger partial charge in [-0.05, 0) is 6.92 Å². The van der Waals surface area contributed by atoms with Crippen LogP contribution in [-0.4, -0.2) is 37.0 Å². The molecule has 5 nitrogen and oxygen atoms in total. The second kappa shape index (κ2) is 3.02. The molecule has 0 bridgehead atoms. The molecule has 0 spiro atoms. The second-order valence-electron chi connectivity index (χ2n) is 2.97. The maximum atomic E-state index is 11.2. The fraction of sp³-hybridized carbons (Fsp3) is 0.833. The molecule has 2 N–H and O–H groups in total. The van der Waals surface area contributed by atoms with Crippen molar-refractivity contribution in [3.63, 3.8) is 0 Å². The third-order valence-electron chi connectivity index (χ3n) is 1.64. The summed E-state index contributed by atoms with van der Waals surface area (Å²) in [6, 6.07) is -0.304. The SMILES string of the molecule is CC(N)CN1C(=O)CCS1(=O)=O. The molecule has 1 amide bonds. The van der Waals surface area contributed by atoms with Crippen LogP contribution in [0.25, 0.3) is 0 Å². The number of rotatable bonds is 2. The maximum Gasteiger partial charge on any atom is 0.237 e. The van der Waals surface area contributed by atoms with Gasteiger partial charge in [0, 0.05) is 12.5 Å². The van der Waals surface area contributed by atoms with Crippen LogP contribution in [0.1, 0.15) is 13.3 Å². The number of carbonyl (C=O) groups is 1. The minimum Gasteiger partial charge on any atom is -0.326 e. The zero-order valence-electron chi connectivity index (χ0n) is 6.86. The summed E-state index contributed by atoms with van der Waals surface area (Å²) < 4.78 is 23.2. The average Bonchev–Trinajstić information content (AvgIpc) is 2.15. The molecule has 0 radical (unpaired) electrons. The first kappa shape index (κ1) is 9.47. The summed E-state index contributed by atoms with van der Waals surface area (Å²) >= 11 is 0. The summed E-state index contributed by atoms with van der Waals surface area (Å²) in [6.07, 6.45) is 0.0923. The third-order valence-corrected chi connectivity index (χ3v) is 3.39. The molecule has 1 unspecified atom stereocenters. The quantitative estimate of drug-likeness (QED) is 0.602. The van der Waals surface area contributed by atoms with E-state index in [9.17, 15) is 13.2 Å². The highest BCUT2D eigenvalue weighted by Gasteiger charge is 2.34. The fourth-order valence-electron chi connectivity index (χ4n) is 1.08. The van der Waals surface area contributed by atoms with Gasteiger partial charge in [-0.2, -0.15) is 0 Å². The van der Waals surface area contributed by atoms with Gasteiger partial charge in [-0.1, -0.05) is 0 Å². The number of amides is 1. The Labute approximate surface area is 71.6 Å². The monoisotopic (exact) mass is 192 g/mol. The van der Waals surface area contributed by atoms with Crippen LogP contribution in [-0.2, 0) is 14.8 Å². The van der Waals surface area contributed by atoms with Gasteiger partial charge in [0.25, 0.3) is 0 Å². The molecule has 1 atom stereocenters. The van der Waals surface area contributed by atoms with Crippen LogP contribution in [0.3, 0.4) is 0 Å². The summed E-state index contributed by atoms with van der Waals surface area (Å²) in [5.74, 6) is -0.411. The fourth-order valence-corrected chi connectivity index (χ4v) is 2.60. The number of nitrogens with two attached hydrogens (primary N) is 1. The Morgan fingerprint density at radius 1 is 1.67 bits per heavy atom. The van der Waals surface area contributed by atoms with Gasteiger partial charge < -0.3 is 5.73 Å². The van der Waals surface area contributed by atoms with Gasteiger partial charge in [0.1, 0.15) is 0 Å². The predicted molar refractivity (Wildman–Crippen MR) is 43.8 cm³/mol. The van der Waals surface area contributed by atoms with Gasteiger partial charge in [-0.25, -0.2) is 12.7 Å². The van der Waals surface area contributed by atoms with Crippen molar-refractivity contribution in [2.45, 2.75) is 19.4 Å². The average molecular weight is 192 g/mol. The Kier molecular flexibility index (Phi) is 2.39. The molecule has 1 fully saturated rings. The number of hydrogen-bond acceptors (Lipinski definition) is 4. The van der Waals surface area contributed by atoms with E-state index in [1.807, 2.05) is 0 Å². The van der Waals surface area contributed by atoms with Crippen LogP contribution in [0.2, 0.25) is 0 Å². The molecule has 0 aromatic rings. The van der Waals surface area contributed by atoms with Crippen molar-refractivity contribution in [1.82, 2.24) is 4.31 Å². The molecule has 0 aromatic heterocycles. The molecule has 1 aliphatic heterocycles. The van der Waals surface area contributed by atoms with E-state index in [4.69, 9.17) is 5.73 Å². The van der Waals surface area contributed by atoms with Crippen molar-refractivity contribution in [3.8, 4) is 0 Å². The minimum absolute atomic E-state index is 0.0709. The van der Waals surface area contributed by atoms with Crippen molar-refractivity contribution in [1.29, 1.82) is 0 Å². The summed E-state index contributed by atoms with van der Waals surface area (Å²) in [4.78, 5) is 11.0. The Bertz CT molecular complexity index is 283. The molecular weight excluding hydrogens is 180 g/mol. The molecule has 0 aliphatic carbocycles. The van der Waals surface area contributed by atoms with E-state index in [0.29, 0.717) is 0 Å². The van der Waals surface area contributed by atoms with Crippen LogP contribution in [0.15, 0.2) is 0 Å². The minimum atomic E-state index is -3.33. The first-order valence-electron chi connectivity index (χ1n) is 3.72. The maximum absolute atomic E-state index is 11.2. The second-order valence-corrected chi connectivity index (χ2v) is 4.98. The van der Waals surface area contributed by atoms with Crippen molar-refractivity contribution in [3.05, 3.63) is 0 Å². The zero-order valence-corrected chi connectivity index (χ0v) is 7.67. The summed E-state index contributed by atoms with van der Waals surface area (Å²) in [5, 5.41) is 0. The highest BCUT2D eigenvalue weighted by molar-refractivity contribution is 7.90. The first-order chi connectivity index (χ1) is 5.43. The lowest BCUT2D eigenvalue weighted by molar-refractivity contribution is -0.125. The van der Waals surface area contributed by atoms with Gasteiger partial charge in [-0.3, -0.25) is 4.79 Å². The lowest BCUT2D eigenvalue weighted by Crippen LogP contribution is -2.39. The summed E-state index contributed by atoms with van der Waals surface area (Å²) in [5.41, 5.74) is 5.40. The van der Waals surface area contributed by atoms with Crippen LogP contribution >= 0.6 is 0 Å². The van der Waals surface area contributed by atoms with Crippen molar-refractivity contribution >= 4 is 15.9 Å². The molecule has 1 saturated heterocycles. The topological polar surface area (TPSA) is 80.5 Å². The van der Waals surface area contributed by atoms with Crippen molar-refractivity contribution in [2.75, 3.05) is 12.3 Å². The van der Waals surface area contributed by atoms with Crippen LogP contribution < -0.4 is 5.73 Å². The van der Waals surface area contributed by atoms with E-state index in [2.05, 4.69) is 0 Å². The summed E-state index contributed by atoms with van der Waals surface area (Å²) in [7, 11) is -3.33. The van der Waals surface area contributed by atoms with E-state index in [-0.39, 0.29) is 30.7 Å². The molecule has 0 saturated carbocycles. The van der Waals surface area contributed by atoms with E-state index < -0.39 is 10.0 Å². The summed E-state index contributed by atoms with van der Waals surface area (Å²) in [6.45, 7) is 1.77. The molecule has 0 aromatic carbocycles. The number of carbonyl (C=O) groups excluding carboxylic acids is 1. The normalized spacial score (nSPS) is 24.5. The van der Waals surface area contributed by atoms with Crippen molar-refractivity contribution < 1.29 is 13.2 Å². The molecule has 1 aliphatic rings. The smallest absolute Gasteiger partial charge is 0.237 e. The molecule has 70 valence electrons. The van der Waals surface area contributed by atoms with E-state index in [1.54, 1.807) is 6.92 Å². The van der Waals surface area contributed by atoms with E-state index in [0.717, 1.165) is 4.31 Å². The number of sulfonamides is 1. The van der Waals surface area contributed by atoms with Crippen LogP contribution in [0, 0.1) is 0 Å². The number of hydrogen-bond donors (Lipinski definition) is 1. The Balaban J connectivity index is 2.79. The first-order valence-corrected chi connectivity index (χ1v) is 5.33. The van der Waals surface area contributed by atoms with Crippen LogP contribution in [0.5, 0.6) is 0 Å². The van der Waals surface area contributed by atoms with E-state index >= 15 is 0 Å². The van der Waals surface area contributed by atoms with Gasteiger partial charge in [0.2, 0.25) is 15.9 Å². The standard InChI is InChI=1S/C6H12N2O3S/c1-5(7)4-8-6(9)2-3-12(8,10)11/h5H,2-4,7H2,1H3. The van der Waals surface area contributed by atoms with Gasteiger partial charge in [0.15, 0.2) is 0 Å². The van der Waals surface area contributed by atoms with Gasteiger partial charge in [-0.15, -0.1) is 0 Å². The lowest BCUT2D eigenvalue weighted by atomic mass is 10.3. The van der Waals surface area contributed by atoms with Crippen LogP contribution in [0.4, 0.5) is 0 Å². The Morgan fingerprint density at radius 3 is 2.58 bits per heavy atom. The Morgan fingerprint density at radius 2 is 2.25 bits per heavy atom. The molecular formula is C6H12N2O3S. The van der Waals surface area contributed by atoms with Gasteiger partial charge in [0.05, 0.1) is 12.3 Å².